The van der Waals surface area contributed by atoms with Crippen molar-refractivity contribution >= 4 is 8.32 Å². The molecule has 0 aromatic carbocycles. The molecule has 112 valence electrons. The molecule has 0 spiro atoms. The SMILES string of the molecule is C[C@@H]1OC=C[C@](C)(N(C)C)[C@@H]1O[Si](C)(C)C(C)(C)C. The number of nitrogens with zero attached hydrogens (tertiary/aromatic N) is 1. The second-order valence-corrected chi connectivity index (χ2v) is 12.3. The van der Waals surface area contributed by atoms with Crippen LogP contribution in [0.5, 0.6) is 0 Å². The Morgan fingerprint density at radius 1 is 1.26 bits per heavy atom. The lowest BCUT2D eigenvalue weighted by Gasteiger charge is -2.50. The van der Waals surface area contributed by atoms with E-state index in [1.165, 1.54) is 0 Å². The summed E-state index contributed by atoms with van der Waals surface area (Å²) in [6.45, 7) is 15.7. The summed E-state index contributed by atoms with van der Waals surface area (Å²) in [6.07, 6.45) is 4.07. The van der Waals surface area contributed by atoms with Crippen LogP contribution in [-0.4, -0.2) is 45.1 Å². The molecule has 0 saturated heterocycles. The zero-order valence-corrected chi connectivity index (χ0v) is 15.1. The Morgan fingerprint density at radius 2 is 1.79 bits per heavy atom. The Kier molecular flexibility index (Phi) is 4.60. The lowest BCUT2D eigenvalue weighted by Crippen LogP contribution is -2.61. The van der Waals surface area contributed by atoms with Gasteiger partial charge in [0.05, 0.1) is 11.8 Å². The molecule has 0 aromatic heterocycles. The van der Waals surface area contributed by atoms with Gasteiger partial charge in [0.15, 0.2) is 8.32 Å². The van der Waals surface area contributed by atoms with E-state index in [2.05, 4.69) is 72.8 Å². The zero-order chi connectivity index (χ0) is 15.1. The maximum absolute atomic E-state index is 6.65. The highest BCUT2D eigenvalue weighted by Crippen LogP contribution is 2.41. The molecule has 1 aliphatic rings. The Bertz CT molecular complexity index is 347. The van der Waals surface area contributed by atoms with Crippen molar-refractivity contribution in [2.24, 2.45) is 0 Å². The Hall–Kier alpha value is -0.323. The molecule has 3 nitrogen and oxygen atoms in total. The molecular weight excluding hydrogens is 254 g/mol. The largest absolute Gasteiger partial charge is 0.496 e. The minimum Gasteiger partial charge on any atom is -0.496 e. The molecule has 1 aliphatic heterocycles. The fourth-order valence-electron chi connectivity index (χ4n) is 2.06. The molecule has 0 radical (unpaired) electrons. The summed E-state index contributed by atoms with van der Waals surface area (Å²) in [5, 5.41) is 0.209. The van der Waals surface area contributed by atoms with Crippen molar-refractivity contribution in [2.45, 2.75) is 70.5 Å². The maximum Gasteiger partial charge on any atom is 0.192 e. The summed E-state index contributed by atoms with van der Waals surface area (Å²) in [5.74, 6) is 0. The van der Waals surface area contributed by atoms with Gasteiger partial charge in [0.25, 0.3) is 0 Å². The van der Waals surface area contributed by atoms with Crippen LogP contribution < -0.4 is 0 Å². The fourth-order valence-corrected chi connectivity index (χ4v) is 3.47. The average Bonchev–Trinajstić information content (AvgIpc) is 2.22. The molecule has 0 aromatic rings. The third-order valence-corrected chi connectivity index (χ3v) is 9.35. The van der Waals surface area contributed by atoms with E-state index in [1.54, 1.807) is 0 Å². The second-order valence-electron chi connectivity index (χ2n) is 7.56. The normalized spacial score (nSPS) is 32.5. The number of rotatable bonds is 3. The molecule has 3 atom stereocenters. The summed E-state index contributed by atoms with van der Waals surface area (Å²) in [4.78, 5) is 2.22. The third-order valence-electron chi connectivity index (χ3n) is 4.89. The van der Waals surface area contributed by atoms with Crippen LogP contribution in [0.15, 0.2) is 12.3 Å². The van der Waals surface area contributed by atoms with Gasteiger partial charge in [0.1, 0.15) is 12.2 Å². The molecule has 0 unspecified atom stereocenters. The summed E-state index contributed by atoms with van der Waals surface area (Å²) < 4.78 is 12.3. The Labute approximate surface area is 120 Å². The molecule has 0 saturated carbocycles. The topological polar surface area (TPSA) is 21.7 Å². The predicted molar refractivity (Wildman–Crippen MR) is 83.8 cm³/mol. The fraction of sp³-hybridized carbons (Fsp3) is 0.867. The quantitative estimate of drug-likeness (QED) is 0.739. The third kappa shape index (κ3) is 3.23. The molecule has 19 heavy (non-hydrogen) atoms. The van der Waals surface area contributed by atoms with Crippen LogP contribution in [0, 0.1) is 0 Å². The highest BCUT2D eigenvalue weighted by atomic mass is 28.4. The minimum absolute atomic E-state index is 0.0633. The van der Waals surface area contributed by atoms with E-state index in [0.717, 1.165) is 0 Å². The van der Waals surface area contributed by atoms with Gasteiger partial charge in [0, 0.05) is 0 Å². The van der Waals surface area contributed by atoms with Gasteiger partial charge in [-0.05, 0) is 52.2 Å². The highest BCUT2D eigenvalue weighted by molar-refractivity contribution is 6.74. The van der Waals surface area contributed by atoms with Gasteiger partial charge in [-0.1, -0.05) is 20.8 Å². The lowest BCUT2D eigenvalue weighted by molar-refractivity contribution is -0.0575. The van der Waals surface area contributed by atoms with Crippen molar-refractivity contribution in [1.82, 2.24) is 4.90 Å². The van der Waals surface area contributed by atoms with Gasteiger partial charge in [-0.3, -0.25) is 4.90 Å². The van der Waals surface area contributed by atoms with Crippen LogP contribution in [-0.2, 0) is 9.16 Å². The predicted octanol–water partition coefficient (Wildman–Crippen LogP) is 3.63. The number of hydrogen-bond donors (Lipinski definition) is 0. The van der Waals surface area contributed by atoms with Crippen molar-refractivity contribution in [1.29, 1.82) is 0 Å². The standard InChI is InChI=1S/C15H31NO2Si/c1-12-13(18-19(8,9)14(2,3)4)15(5,16(6)7)10-11-17-12/h10-13H,1-9H3/t12-,13+,15-/m0/s1. The summed E-state index contributed by atoms with van der Waals surface area (Å²) in [7, 11) is 2.39. The van der Waals surface area contributed by atoms with E-state index in [0.29, 0.717) is 0 Å². The molecule has 1 rings (SSSR count). The second kappa shape index (κ2) is 5.22. The number of ether oxygens (including phenoxy) is 1. The van der Waals surface area contributed by atoms with Crippen molar-refractivity contribution in [3.05, 3.63) is 12.3 Å². The summed E-state index contributed by atoms with van der Waals surface area (Å²) in [6, 6.07) is 0. The van der Waals surface area contributed by atoms with Crippen LogP contribution in [0.3, 0.4) is 0 Å². The van der Waals surface area contributed by atoms with Crippen molar-refractivity contribution in [2.75, 3.05) is 14.1 Å². The molecule has 4 heteroatoms. The van der Waals surface area contributed by atoms with Crippen LogP contribution >= 0.6 is 0 Å². The van der Waals surface area contributed by atoms with E-state index in [1.807, 2.05) is 6.26 Å². The minimum atomic E-state index is -1.81. The monoisotopic (exact) mass is 285 g/mol. The van der Waals surface area contributed by atoms with E-state index in [4.69, 9.17) is 9.16 Å². The van der Waals surface area contributed by atoms with Crippen LogP contribution in [0.25, 0.3) is 0 Å². The van der Waals surface area contributed by atoms with Crippen molar-refractivity contribution in [3.8, 4) is 0 Å². The molecule has 0 bridgehead atoms. The average molecular weight is 286 g/mol. The Morgan fingerprint density at radius 3 is 2.21 bits per heavy atom. The first kappa shape index (κ1) is 16.7. The first-order chi connectivity index (χ1) is 8.42. The molecule has 1 heterocycles. The van der Waals surface area contributed by atoms with Gasteiger partial charge in [-0.2, -0.15) is 0 Å². The smallest absolute Gasteiger partial charge is 0.192 e. The molecule has 0 N–H and O–H groups in total. The van der Waals surface area contributed by atoms with Gasteiger partial charge in [0.2, 0.25) is 0 Å². The highest BCUT2D eigenvalue weighted by Gasteiger charge is 2.48. The molecule has 0 aliphatic carbocycles. The first-order valence-electron chi connectivity index (χ1n) is 7.10. The van der Waals surface area contributed by atoms with Crippen molar-refractivity contribution in [3.63, 3.8) is 0 Å². The van der Waals surface area contributed by atoms with Crippen LogP contribution in [0.2, 0.25) is 18.1 Å². The maximum atomic E-state index is 6.65. The van der Waals surface area contributed by atoms with Gasteiger partial charge < -0.3 is 9.16 Å². The molecule has 0 amide bonds. The molecular formula is C15H31NO2Si. The van der Waals surface area contributed by atoms with Gasteiger partial charge in [-0.15, -0.1) is 0 Å². The van der Waals surface area contributed by atoms with Gasteiger partial charge >= 0.3 is 0 Å². The Balaban J connectivity index is 3.05. The van der Waals surface area contributed by atoms with E-state index in [-0.39, 0.29) is 22.8 Å². The first-order valence-corrected chi connectivity index (χ1v) is 10.0. The van der Waals surface area contributed by atoms with E-state index < -0.39 is 8.32 Å². The van der Waals surface area contributed by atoms with Gasteiger partial charge in [-0.25, -0.2) is 0 Å². The summed E-state index contributed by atoms with van der Waals surface area (Å²) >= 11 is 0. The number of hydrogen-bond acceptors (Lipinski definition) is 3. The molecule has 0 fully saturated rings. The zero-order valence-electron chi connectivity index (χ0n) is 14.1. The van der Waals surface area contributed by atoms with Crippen LogP contribution in [0.1, 0.15) is 34.6 Å². The number of likely N-dealkylation sites (N-methyl/N-ethyl adjacent to an activating group) is 1. The van der Waals surface area contributed by atoms with E-state index in [9.17, 15) is 0 Å². The lowest BCUT2D eigenvalue weighted by atomic mass is 9.88. The van der Waals surface area contributed by atoms with Crippen LogP contribution in [0.4, 0.5) is 0 Å². The van der Waals surface area contributed by atoms with E-state index >= 15 is 0 Å². The van der Waals surface area contributed by atoms with Crippen molar-refractivity contribution < 1.29 is 9.16 Å². The summed E-state index contributed by atoms with van der Waals surface area (Å²) in [5.41, 5.74) is -0.118.